The first kappa shape index (κ1) is 13.3. The average Bonchev–Trinajstić information content (AvgIpc) is 1.91. The fraction of sp³-hybridized carbons (Fsp3) is 0.778. The van der Waals surface area contributed by atoms with Crippen molar-refractivity contribution in [3.8, 4) is 0 Å². The molecule has 1 aliphatic heterocycles. The van der Waals surface area contributed by atoms with Crippen LogP contribution < -0.4 is 0 Å². The Kier molecular flexibility index (Phi) is 9.36. The first-order valence-corrected chi connectivity index (χ1v) is 4.07. The summed E-state index contributed by atoms with van der Waals surface area (Å²) in [6, 6.07) is 0. The predicted molar refractivity (Wildman–Crippen MR) is 48.7 cm³/mol. The Morgan fingerprint density at radius 1 is 1.45 bits per heavy atom. The first-order valence-electron chi connectivity index (χ1n) is 4.07. The van der Waals surface area contributed by atoms with Gasteiger partial charge in [0.1, 0.15) is 0 Å². The molecule has 2 N–H and O–H groups in total. The summed E-state index contributed by atoms with van der Waals surface area (Å²) < 4.78 is 5.29. The Balaban J connectivity index is 0. The SMILES string of the molecule is C=C1CCO[C@@H](C)C1.CC.O. The number of rotatable bonds is 0. The van der Waals surface area contributed by atoms with E-state index in [1.807, 2.05) is 13.8 Å². The highest BCUT2D eigenvalue weighted by Gasteiger charge is 2.09. The van der Waals surface area contributed by atoms with Crippen molar-refractivity contribution in [3.63, 3.8) is 0 Å². The van der Waals surface area contributed by atoms with Crippen LogP contribution in [0.3, 0.4) is 0 Å². The second-order valence-corrected chi connectivity index (χ2v) is 2.39. The van der Waals surface area contributed by atoms with Crippen LogP contribution in [0.15, 0.2) is 12.2 Å². The molecule has 2 nitrogen and oxygen atoms in total. The molecule has 0 aromatic rings. The second-order valence-electron chi connectivity index (χ2n) is 2.39. The predicted octanol–water partition coefficient (Wildman–Crippen LogP) is 1.94. The van der Waals surface area contributed by atoms with Crippen molar-refractivity contribution < 1.29 is 10.2 Å². The standard InChI is InChI=1S/C7H12O.C2H6.H2O/c1-6-3-4-8-7(2)5-6;1-2;/h7H,1,3-5H2,2H3;1-2H3;1H2/t7-;;/m0../s1. The van der Waals surface area contributed by atoms with Gasteiger partial charge in [-0.05, 0) is 19.8 Å². The molecule has 0 amide bonds. The van der Waals surface area contributed by atoms with Crippen LogP contribution in [0.2, 0.25) is 0 Å². The van der Waals surface area contributed by atoms with Crippen molar-refractivity contribution in [2.45, 2.75) is 39.7 Å². The average molecular weight is 160 g/mol. The number of hydrogen-bond acceptors (Lipinski definition) is 1. The number of ether oxygens (including phenoxy) is 1. The summed E-state index contributed by atoms with van der Waals surface area (Å²) >= 11 is 0. The molecular weight excluding hydrogens is 140 g/mol. The maximum atomic E-state index is 5.29. The van der Waals surface area contributed by atoms with Crippen LogP contribution in [0, 0.1) is 0 Å². The molecule has 1 atom stereocenters. The molecule has 1 fully saturated rings. The molecular formula is C9H20O2. The van der Waals surface area contributed by atoms with E-state index in [0.29, 0.717) is 6.10 Å². The van der Waals surface area contributed by atoms with E-state index in [-0.39, 0.29) is 5.48 Å². The van der Waals surface area contributed by atoms with Crippen molar-refractivity contribution >= 4 is 0 Å². The molecule has 0 radical (unpaired) electrons. The Hall–Kier alpha value is -0.340. The van der Waals surface area contributed by atoms with Gasteiger partial charge < -0.3 is 10.2 Å². The summed E-state index contributed by atoms with van der Waals surface area (Å²) in [6.07, 6.45) is 2.53. The maximum Gasteiger partial charge on any atom is 0.0584 e. The van der Waals surface area contributed by atoms with Gasteiger partial charge in [-0.25, -0.2) is 0 Å². The van der Waals surface area contributed by atoms with E-state index in [1.54, 1.807) is 0 Å². The third kappa shape index (κ3) is 6.07. The minimum Gasteiger partial charge on any atom is -0.412 e. The van der Waals surface area contributed by atoms with Gasteiger partial charge in [0.15, 0.2) is 0 Å². The lowest BCUT2D eigenvalue weighted by molar-refractivity contribution is 0.0489. The molecule has 1 rings (SSSR count). The molecule has 2 heteroatoms. The summed E-state index contributed by atoms with van der Waals surface area (Å²) in [4.78, 5) is 0. The van der Waals surface area contributed by atoms with Crippen molar-refractivity contribution in [2.24, 2.45) is 0 Å². The minimum absolute atomic E-state index is 0. The highest BCUT2D eigenvalue weighted by molar-refractivity contribution is 4.97. The van der Waals surface area contributed by atoms with Crippen molar-refractivity contribution in [1.29, 1.82) is 0 Å². The largest absolute Gasteiger partial charge is 0.412 e. The van der Waals surface area contributed by atoms with Gasteiger partial charge in [-0.15, -0.1) is 0 Å². The van der Waals surface area contributed by atoms with Crippen LogP contribution in [0.5, 0.6) is 0 Å². The second kappa shape index (κ2) is 7.76. The summed E-state index contributed by atoms with van der Waals surface area (Å²) in [7, 11) is 0. The zero-order valence-corrected chi connectivity index (χ0v) is 7.81. The van der Waals surface area contributed by atoms with Gasteiger partial charge in [-0.3, -0.25) is 0 Å². The minimum atomic E-state index is 0. The van der Waals surface area contributed by atoms with Crippen LogP contribution >= 0.6 is 0 Å². The van der Waals surface area contributed by atoms with E-state index in [1.165, 1.54) is 5.57 Å². The molecule has 1 heterocycles. The molecule has 0 bridgehead atoms. The summed E-state index contributed by atoms with van der Waals surface area (Å²) in [5.41, 5.74) is 1.34. The zero-order valence-electron chi connectivity index (χ0n) is 7.81. The van der Waals surface area contributed by atoms with E-state index in [2.05, 4.69) is 13.5 Å². The Morgan fingerprint density at radius 3 is 2.27 bits per heavy atom. The van der Waals surface area contributed by atoms with Crippen LogP contribution in [0.4, 0.5) is 0 Å². The van der Waals surface area contributed by atoms with Gasteiger partial charge in [0.25, 0.3) is 0 Å². The van der Waals surface area contributed by atoms with Crippen molar-refractivity contribution in [2.75, 3.05) is 6.61 Å². The van der Waals surface area contributed by atoms with Crippen LogP contribution in [0.1, 0.15) is 33.6 Å². The fourth-order valence-corrected chi connectivity index (χ4v) is 0.972. The number of hydrogen-bond donors (Lipinski definition) is 0. The van der Waals surface area contributed by atoms with Crippen LogP contribution in [-0.2, 0) is 4.74 Å². The van der Waals surface area contributed by atoms with Gasteiger partial charge in [0.05, 0.1) is 12.7 Å². The Morgan fingerprint density at radius 2 is 2.00 bits per heavy atom. The van der Waals surface area contributed by atoms with Crippen molar-refractivity contribution in [1.82, 2.24) is 0 Å². The Bertz CT molecular complexity index is 99.7. The lowest BCUT2D eigenvalue weighted by atomic mass is 10.1. The topological polar surface area (TPSA) is 40.7 Å². The van der Waals surface area contributed by atoms with Crippen LogP contribution in [0.25, 0.3) is 0 Å². The normalized spacial score (nSPS) is 22.8. The van der Waals surface area contributed by atoms with Crippen molar-refractivity contribution in [3.05, 3.63) is 12.2 Å². The first-order chi connectivity index (χ1) is 4.79. The summed E-state index contributed by atoms with van der Waals surface area (Å²) in [6.45, 7) is 10.8. The zero-order chi connectivity index (χ0) is 7.98. The van der Waals surface area contributed by atoms with E-state index >= 15 is 0 Å². The van der Waals surface area contributed by atoms with E-state index < -0.39 is 0 Å². The van der Waals surface area contributed by atoms with Gasteiger partial charge in [0, 0.05) is 0 Å². The van der Waals surface area contributed by atoms with E-state index in [0.717, 1.165) is 19.4 Å². The molecule has 0 saturated carbocycles. The smallest absolute Gasteiger partial charge is 0.0584 e. The Labute approximate surface area is 69.6 Å². The molecule has 0 aromatic carbocycles. The molecule has 0 aliphatic carbocycles. The molecule has 0 spiro atoms. The lowest BCUT2D eigenvalue weighted by Gasteiger charge is -2.20. The molecule has 11 heavy (non-hydrogen) atoms. The summed E-state index contributed by atoms with van der Waals surface area (Å²) in [5.74, 6) is 0. The molecule has 1 saturated heterocycles. The summed E-state index contributed by atoms with van der Waals surface area (Å²) in [5, 5.41) is 0. The fourth-order valence-electron chi connectivity index (χ4n) is 0.972. The quantitative estimate of drug-likeness (QED) is 0.499. The monoisotopic (exact) mass is 160 g/mol. The highest BCUT2D eigenvalue weighted by Crippen LogP contribution is 2.15. The van der Waals surface area contributed by atoms with Gasteiger partial charge in [-0.2, -0.15) is 0 Å². The molecule has 0 aromatic heterocycles. The van der Waals surface area contributed by atoms with Gasteiger partial charge >= 0.3 is 0 Å². The maximum absolute atomic E-state index is 5.29. The lowest BCUT2D eigenvalue weighted by Crippen LogP contribution is -2.16. The van der Waals surface area contributed by atoms with Gasteiger partial charge in [-0.1, -0.05) is 26.0 Å². The highest BCUT2D eigenvalue weighted by atomic mass is 16.5. The molecule has 68 valence electrons. The third-order valence-electron chi connectivity index (χ3n) is 1.43. The van der Waals surface area contributed by atoms with Crippen LogP contribution in [-0.4, -0.2) is 18.2 Å². The van der Waals surface area contributed by atoms with E-state index in [9.17, 15) is 0 Å². The van der Waals surface area contributed by atoms with E-state index in [4.69, 9.17) is 4.74 Å². The molecule has 0 unspecified atom stereocenters. The van der Waals surface area contributed by atoms with Gasteiger partial charge in [0.2, 0.25) is 0 Å². The molecule has 1 aliphatic rings. The third-order valence-corrected chi connectivity index (χ3v) is 1.43.